The van der Waals surface area contributed by atoms with Crippen molar-refractivity contribution in [2.24, 2.45) is 0 Å². The van der Waals surface area contributed by atoms with Gasteiger partial charge >= 0.3 is 7.12 Å². The fourth-order valence-electron chi connectivity index (χ4n) is 3.63. The van der Waals surface area contributed by atoms with E-state index in [4.69, 9.17) is 9.31 Å². The van der Waals surface area contributed by atoms with Crippen molar-refractivity contribution in [2.45, 2.75) is 83.8 Å². The van der Waals surface area contributed by atoms with E-state index in [0.717, 1.165) is 5.92 Å². The fourth-order valence-corrected chi connectivity index (χ4v) is 3.63. The first-order valence-corrected chi connectivity index (χ1v) is 8.76. The van der Waals surface area contributed by atoms with Gasteiger partial charge in [-0.1, -0.05) is 43.0 Å². The van der Waals surface area contributed by atoms with Crippen LogP contribution in [0.1, 0.15) is 76.8 Å². The van der Waals surface area contributed by atoms with Crippen molar-refractivity contribution in [2.75, 3.05) is 0 Å². The van der Waals surface area contributed by atoms with Crippen LogP contribution in [0.25, 0.3) is 0 Å². The Labute approximate surface area is 135 Å². The molecule has 1 saturated heterocycles. The van der Waals surface area contributed by atoms with Gasteiger partial charge in [-0.2, -0.15) is 0 Å². The Kier molecular flexibility index (Phi) is 4.15. The molecule has 0 atom stereocenters. The first-order valence-electron chi connectivity index (χ1n) is 8.76. The number of hydrogen-bond donors (Lipinski definition) is 0. The molecule has 1 saturated carbocycles. The Bertz CT molecular complexity index is 528. The van der Waals surface area contributed by atoms with Gasteiger partial charge in [-0.25, -0.2) is 0 Å². The largest absolute Gasteiger partial charge is 0.494 e. The van der Waals surface area contributed by atoms with Crippen LogP contribution in [0.2, 0.25) is 0 Å². The van der Waals surface area contributed by atoms with E-state index in [0.29, 0.717) is 0 Å². The molecule has 0 spiro atoms. The van der Waals surface area contributed by atoms with Crippen LogP contribution in [0.5, 0.6) is 0 Å². The van der Waals surface area contributed by atoms with Gasteiger partial charge in [-0.3, -0.25) is 0 Å². The van der Waals surface area contributed by atoms with Gasteiger partial charge in [0.15, 0.2) is 0 Å². The first kappa shape index (κ1) is 16.1. The zero-order chi connectivity index (χ0) is 16.0. The number of hydrogen-bond acceptors (Lipinski definition) is 2. The van der Waals surface area contributed by atoms with Crippen molar-refractivity contribution in [3.8, 4) is 0 Å². The zero-order valence-corrected chi connectivity index (χ0v) is 14.7. The van der Waals surface area contributed by atoms with Gasteiger partial charge in [0.2, 0.25) is 0 Å². The van der Waals surface area contributed by atoms with Crippen LogP contribution in [0.4, 0.5) is 0 Å². The molecule has 120 valence electrons. The van der Waals surface area contributed by atoms with Crippen molar-refractivity contribution in [1.29, 1.82) is 0 Å². The average Bonchev–Trinajstić information content (AvgIpc) is 2.68. The summed E-state index contributed by atoms with van der Waals surface area (Å²) >= 11 is 0. The van der Waals surface area contributed by atoms with Crippen LogP contribution in [0.15, 0.2) is 18.2 Å². The van der Waals surface area contributed by atoms with Crippen molar-refractivity contribution >= 4 is 12.6 Å². The zero-order valence-electron chi connectivity index (χ0n) is 14.7. The Morgan fingerprint density at radius 3 is 2.09 bits per heavy atom. The summed E-state index contributed by atoms with van der Waals surface area (Å²) in [5, 5.41) is 0. The van der Waals surface area contributed by atoms with Gasteiger partial charge in [0, 0.05) is 0 Å². The molecule has 0 radical (unpaired) electrons. The van der Waals surface area contributed by atoms with Gasteiger partial charge in [-0.15, -0.1) is 0 Å². The second-order valence-electron chi connectivity index (χ2n) is 8.10. The Hall–Kier alpha value is -0.795. The Morgan fingerprint density at radius 1 is 0.909 bits per heavy atom. The summed E-state index contributed by atoms with van der Waals surface area (Å²) in [5.74, 6) is 0.717. The predicted molar refractivity (Wildman–Crippen MR) is 92.7 cm³/mol. The minimum absolute atomic E-state index is 0.243. The minimum Gasteiger partial charge on any atom is -0.399 e. The second kappa shape index (κ2) is 5.69. The van der Waals surface area contributed by atoms with Crippen LogP contribution < -0.4 is 5.46 Å². The molecule has 1 heterocycles. The highest BCUT2D eigenvalue weighted by Crippen LogP contribution is 2.37. The molecule has 0 amide bonds. The standard InChI is InChI=1S/C19H29BO2/c1-14-11-16(15-9-7-6-8-10-15)13-17(12-14)20-21-18(2,3)19(4,5)22-20/h11-13,15H,6-10H2,1-5H3. The van der Waals surface area contributed by atoms with Gasteiger partial charge in [0.1, 0.15) is 0 Å². The van der Waals surface area contributed by atoms with Crippen LogP contribution in [0, 0.1) is 6.92 Å². The van der Waals surface area contributed by atoms with E-state index in [1.165, 1.54) is 48.7 Å². The molecule has 2 aliphatic rings. The highest BCUT2D eigenvalue weighted by atomic mass is 16.7. The third-order valence-electron chi connectivity index (χ3n) is 5.72. The van der Waals surface area contributed by atoms with Gasteiger partial charge < -0.3 is 9.31 Å². The fraction of sp³-hybridized carbons (Fsp3) is 0.684. The topological polar surface area (TPSA) is 18.5 Å². The average molecular weight is 300 g/mol. The summed E-state index contributed by atoms with van der Waals surface area (Å²) in [5.41, 5.74) is 3.43. The maximum absolute atomic E-state index is 6.23. The summed E-state index contributed by atoms with van der Waals surface area (Å²) in [6.45, 7) is 10.6. The maximum atomic E-state index is 6.23. The normalized spacial score (nSPS) is 24.7. The molecule has 22 heavy (non-hydrogen) atoms. The summed E-state index contributed by atoms with van der Waals surface area (Å²) < 4.78 is 12.5. The lowest BCUT2D eigenvalue weighted by atomic mass is 9.75. The molecule has 2 nitrogen and oxygen atoms in total. The third-order valence-corrected chi connectivity index (χ3v) is 5.72. The molecule has 2 fully saturated rings. The van der Waals surface area contributed by atoms with Crippen LogP contribution in [-0.4, -0.2) is 18.3 Å². The van der Waals surface area contributed by atoms with E-state index in [1.807, 2.05) is 0 Å². The third kappa shape index (κ3) is 2.98. The van der Waals surface area contributed by atoms with E-state index in [2.05, 4.69) is 52.8 Å². The number of benzene rings is 1. The molecular weight excluding hydrogens is 271 g/mol. The van der Waals surface area contributed by atoms with Gasteiger partial charge in [-0.05, 0) is 64.4 Å². The lowest BCUT2D eigenvalue weighted by molar-refractivity contribution is 0.00578. The van der Waals surface area contributed by atoms with Gasteiger partial charge in [0.25, 0.3) is 0 Å². The lowest BCUT2D eigenvalue weighted by Crippen LogP contribution is -2.41. The minimum atomic E-state index is -0.271. The molecule has 1 aliphatic heterocycles. The SMILES string of the molecule is Cc1cc(B2OC(C)(C)C(C)(C)O2)cc(C2CCCCC2)c1. The first-order chi connectivity index (χ1) is 10.3. The van der Waals surface area contributed by atoms with E-state index in [9.17, 15) is 0 Å². The highest BCUT2D eigenvalue weighted by Gasteiger charge is 2.51. The van der Waals surface area contributed by atoms with Crippen molar-refractivity contribution in [1.82, 2.24) is 0 Å². The summed E-state index contributed by atoms with van der Waals surface area (Å²) in [6, 6.07) is 6.89. The monoisotopic (exact) mass is 300 g/mol. The van der Waals surface area contributed by atoms with E-state index in [-0.39, 0.29) is 18.3 Å². The molecule has 0 unspecified atom stereocenters. The number of rotatable bonds is 2. The number of aryl methyl sites for hydroxylation is 1. The summed E-state index contributed by atoms with van der Waals surface area (Å²) in [6.07, 6.45) is 6.78. The van der Waals surface area contributed by atoms with Crippen LogP contribution in [0.3, 0.4) is 0 Å². The lowest BCUT2D eigenvalue weighted by Gasteiger charge is -2.32. The predicted octanol–water partition coefficient (Wildman–Crippen LogP) is 4.34. The molecule has 1 aromatic rings. The van der Waals surface area contributed by atoms with Crippen molar-refractivity contribution in [3.63, 3.8) is 0 Å². The smallest absolute Gasteiger partial charge is 0.399 e. The summed E-state index contributed by atoms with van der Waals surface area (Å²) in [4.78, 5) is 0. The Morgan fingerprint density at radius 2 is 1.50 bits per heavy atom. The van der Waals surface area contributed by atoms with E-state index in [1.54, 1.807) is 0 Å². The molecule has 0 bridgehead atoms. The van der Waals surface area contributed by atoms with Crippen molar-refractivity contribution in [3.05, 3.63) is 29.3 Å². The van der Waals surface area contributed by atoms with Crippen LogP contribution in [-0.2, 0) is 9.31 Å². The van der Waals surface area contributed by atoms with Crippen LogP contribution >= 0.6 is 0 Å². The molecule has 1 aliphatic carbocycles. The van der Waals surface area contributed by atoms with E-state index >= 15 is 0 Å². The summed E-state index contributed by atoms with van der Waals surface area (Å²) in [7, 11) is -0.243. The molecule has 3 heteroatoms. The second-order valence-corrected chi connectivity index (χ2v) is 8.10. The van der Waals surface area contributed by atoms with E-state index < -0.39 is 0 Å². The molecular formula is C19H29BO2. The molecule has 0 N–H and O–H groups in total. The quantitative estimate of drug-likeness (QED) is 0.756. The molecule has 1 aromatic carbocycles. The van der Waals surface area contributed by atoms with Gasteiger partial charge in [0.05, 0.1) is 11.2 Å². The molecule has 0 aromatic heterocycles. The maximum Gasteiger partial charge on any atom is 0.494 e. The highest BCUT2D eigenvalue weighted by molar-refractivity contribution is 6.62. The Balaban J connectivity index is 1.87. The van der Waals surface area contributed by atoms with Crippen molar-refractivity contribution < 1.29 is 9.31 Å². The molecule has 3 rings (SSSR count).